The largest absolute Gasteiger partial charge is 0.370 e. The molecule has 1 N–H and O–H groups in total. The van der Waals surface area contributed by atoms with Crippen LogP contribution in [0.25, 0.3) is 0 Å². The second kappa shape index (κ2) is 5.95. The van der Waals surface area contributed by atoms with E-state index in [1.807, 2.05) is 6.20 Å². The highest BCUT2D eigenvalue weighted by Crippen LogP contribution is 2.32. The third-order valence-electron chi connectivity index (χ3n) is 3.77. The molecule has 2 heterocycles. The molecule has 20 heavy (non-hydrogen) atoms. The molecule has 0 radical (unpaired) electrons. The molecule has 1 aliphatic heterocycles. The summed E-state index contributed by atoms with van der Waals surface area (Å²) in [6.45, 7) is 4.06. The lowest BCUT2D eigenvalue weighted by molar-refractivity contribution is 0.761. The van der Waals surface area contributed by atoms with Crippen molar-refractivity contribution < 1.29 is 0 Å². The molecule has 0 amide bonds. The van der Waals surface area contributed by atoms with Gasteiger partial charge in [0.2, 0.25) is 0 Å². The summed E-state index contributed by atoms with van der Waals surface area (Å²) in [6.07, 6.45) is 5.56. The van der Waals surface area contributed by atoms with Gasteiger partial charge in [-0.15, -0.1) is 0 Å². The Bertz CT molecular complexity index is 580. The number of pyridine rings is 1. The van der Waals surface area contributed by atoms with Gasteiger partial charge in [0.05, 0.1) is 0 Å². The van der Waals surface area contributed by atoms with Gasteiger partial charge in [-0.3, -0.25) is 0 Å². The van der Waals surface area contributed by atoms with E-state index in [1.54, 1.807) is 0 Å². The van der Waals surface area contributed by atoms with E-state index < -0.39 is 0 Å². The first kappa shape index (κ1) is 13.0. The lowest BCUT2D eigenvalue weighted by atomic mass is 10.1. The summed E-state index contributed by atoms with van der Waals surface area (Å²) < 4.78 is 0. The van der Waals surface area contributed by atoms with E-state index in [0.717, 1.165) is 18.9 Å². The number of para-hydroxylation sites is 1. The highest BCUT2D eigenvalue weighted by molar-refractivity contribution is 5.68. The van der Waals surface area contributed by atoms with Gasteiger partial charge in [0.25, 0.3) is 0 Å². The van der Waals surface area contributed by atoms with Crippen molar-refractivity contribution in [2.24, 2.45) is 0 Å². The van der Waals surface area contributed by atoms with E-state index in [4.69, 9.17) is 0 Å². The zero-order valence-corrected chi connectivity index (χ0v) is 12.0. The third-order valence-corrected chi connectivity index (χ3v) is 3.77. The van der Waals surface area contributed by atoms with Crippen molar-refractivity contribution in [1.82, 2.24) is 4.98 Å². The smallest absolute Gasteiger partial charge is 0.127 e. The third kappa shape index (κ3) is 2.62. The van der Waals surface area contributed by atoms with Gasteiger partial charge in [-0.25, -0.2) is 4.98 Å². The van der Waals surface area contributed by atoms with E-state index >= 15 is 0 Å². The van der Waals surface area contributed by atoms with Crippen LogP contribution < -0.4 is 10.2 Å². The molecule has 0 bridgehead atoms. The monoisotopic (exact) mass is 267 g/mol. The van der Waals surface area contributed by atoms with Gasteiger partial charge in [-0.1, -0.05) is 18.2 Å². The molecule has 0 saturated carbocycles. The van der Waals surface area contributed by atoms with Crippen LogP contribution in [0.5, 0.6) is 0 Å². The van der Waals surface area contributed by atoms with Crippen molar-refractivity contribution >= 4 is 17.2 Å². The quantitative estimate of drug-likeness (QED) is 0.911. The van der Waals surface area contributed by atoms with Crippen molar-refractivity contribution in [2.45, 2.75) is 26.2 Å². The van der Waals surface area contributed by atoms with Gasteiger partial charge in [-0.2, -0.15) is 0 Å². The summed E-state index contributed by atoms with van der Waals surface area (Å²) in [5.74, 6) is 0.951. The SMILES string of the molecule is CCNc1cc(N2CCCCc3ccccc32)ccn1. The summed E-state index contributed by atoms with van der Waals surface area (Å²) in [5.41, 5.74) is 4.02. The standard InChI is InChI=1S/C17H21N3/c1-2-18-17-13-15(10-11-19-17)20-12-6-5-8-14-7-3-4-9-16(14)20/h3-4,7,9-11,13H,2,5-6,8,12H2,1H3,(H,18,19). The summed E-state index contributed by atoms with van der Waals surface area (Å²) in [5, 5.41) is 3.29. The molecular weight excluding hydrogens is 246 g/mol. The minimum Gasteiger partial charge on any atom is -0.370 e. The van der Waals surface area contributed by atoms with Crippen LogP contribution in [0.15, 0.2) is 42.6 Å². The van der Waals surface area contributed by atoms with Crippen LogP contribution >= 0.6 is 0 Å². The van der Waals surface area contributed by atoms with E-state index in [1.165, 1.54) is 36.2 Å². The summed E-state index contributed by atoms with van der Waals surface area (Å²) in [6, 6.07) is 13.0. The summed E-state index contributed by atoms with van der Waals surface area (Å²) in [4.78, 5) is 6.79. The first-order valence-corrected chi connectivity index (χ1v) is 7.44. The van der Waals surface area contributed by atoms with Crippen LogP contribution in [0.3, 0.4) is 0 Å². The van der Waals surface area contributed by atoms with Gasteiger partial charge in [0.15, 0.2) is 0 Å². The number of hydrogen-bond acceptors (Lipinski definition) is 3. The van der Waals surface area contributed by atoms with Gasteiger partial charge >= 0.3 is 0 Å². The fraction of sp³-hybridized carbons (Fsp3) is 0.353. The highest BCUT2D eigenvalue weighted by Gasteiger charge is 2.16. The maximum Gasteiger partial charge on any atom is 0.127 e. The Morgan fingerprint density at radius 2 is 2.10 bits per heavy atom. The maximum absolute atomic E-state index is 4.37. The highest BCUT2D eigenvalue weighted by atomic mass is 15.1. The Hall–Kier alpha value is -2.03. The first-order valence-electron chi connectivity index (χ1n) is 7.44. The molecule has 1 aromatic heterocycles. The number of anilines is 3. The predicted octanol–water partition coefficient (Wildman–Crippen LogP) is 3.99. The Labute approximate surface area is 120 Å². The zero-order chi connectivity index (χ0) is 13.8. The Balaban J connectivity index is 1.98. The molecule has 1 aromatic carbocycles. The minimum atomic E-state index is 0.896. The number of rotatable bonds is 3. The van der Waals surface area contributed by atoms with Gasteiger partial charge < -0.3 is 10.2 Å². The molecule has 2 aromatic rings. The molecule has 0 spiro atoms. The molecule has 0 atom stereocenters. The number of nitrogens with one attached hydrogen (secondary N) is 1. The number of benzene rings is 1. The van der Waals surface area contributed by atoms with Gasteiger partial charge in [-0.05, 0) is 43.9 Å². The van der Waals surface area contributed by atoms with Crippen LogP contribution in [-0.4, -0.2) is 18.1 Å². The van der Waals surface area contributed by atoms with E-state index in [-0.39, 0.29) is 0 Å². The van der Waals surface area contributed by atoms with Crippen LogP contribution in [0, 0.1) is 0 Å². The second-order valence-electron chi connectivity index (χ2n) is 5.17. The first-order chi connectivity index (χ1) is 9.88. The van der Waals surface area contributed by atoms with Crippen molar-refractivity contribution in [3.05, 3.63) is 48.2 Å². The average molecular weight is 267 g/mol. The van der Waals surface area contributed by atoms with Crippen LogP contribution in [0.1, 0.15) is 25.3 Å². The lowest BCUT2D eigenvalue weighted by Gasteiger charge is -2.25. The Kier molecular flexibility index (Phi) is 3.86. The van der Waals surface area contributed by atoms with Crippen molar-refractivity contribution in [1.29, 1.82) is 0 Å². The Morgan fingerprint density at radius 1 is 1.20 bits per heavy atom. The molecule has 0 saturated heterocycles. The minimum absolute atomic E-state index is 0.896. The van der Waals surface area contributed by atoms with Gasteiger partial charge in [0, 0.05) is 36.7 Å². The molecular formula is C17H21N3. The van der Waals surface area contributed by atoms with Crippen LogP contribution in [-0.2, 0) is 6.42 Å². The fourth-order valence-electron chi connectivity index (χ4n) is 2.82. The van der Waals surface area contributed by atoms with Crippen LogP contribution in [0.2, 0.25) is 0 Å². The molecule has 104 valence electrons. The predicted molar refractivity (Wildman–Crippen MR) is 84.8 cm³/mol. The normalized spacial score (nSPS) is 14.6. The average Bonchev–Trinajstić information content (AvgIpc) is 2.70. The molecule has 0 unspecified atom stereocenters. The molecule has 0 aliphatic carbocycles. The number of fused-ring (bicyclic) bond motifs is 1. The van der Waals surface area contributed by atoms with Crippen molar-refractivity contribution in [3.63, 3.8) is 0 Å². The second-order valence-corrected chi connectivity index (χ2v) is 5.17. The summed E-state index contributed by atoms with van der Waals surface area (Å²) in [7, 11) is 0. The maximum atomic E-state index is 4.37. The van der Waals surface area contributed by atoms with E-state index in [0.29, 0.717) is 0 Å². The Morgan fingerprint density at radius 3 is 3.00 bits per heavy atom. The van der Waals surface area contributed by atoms with E-state index in [2.05, 4.69) is 58.5 Å². The number of nitrogens with zero attached hydrogens (tertiary/aromatic N) is 2. The summed E-state index contributed by atoms with van der Waals surface area (Å²) >= 11 is 0. The molecule has 0 fully saturated rings. The van der Waals surface area contributed by atoms with Crippen molar-refractivity contribution in [3.8, 4) is 0 Å². The number of aromatic nitrogens is 1. The van der Waals surface area contributed by atoms with Crippen LogP contribution in [0.4, 0.5) is 17.2 Å². The van der Waals surface area contributed by atoms with Crippen molar-refractivity contribution in [2.75, 3.05) is 23.3 Å². The topological polar surface area (TPSA) is 28.2 Å². The van der Waals surface area contributed by atoms with Gasteiger partial charge in [0.1, 0.15) is 5.82 Å². The molecule has 1 aliphatic rings. The van der Waals surface area contributed by atoms with E-state index in [9.17, 15) is 0 Å². The molecule has 3 rings (SSSR count). The number of hydrogen-bond donors (Lipinski definition) is 1. The lowest BCUT2D eigenvalue weighted by Crippen LogP contribution is -2.18. The fourth-order valence-corrected chi connectivity index (χ4v) is 2.82. The molecule has 3 nitrogen and oxygen atoms in total. The number of aryl methyl sites for hydroxylation is 1. The molecule has 3 heteroatoms. The zero-order valence-electron chi connectivity index (χ0n) is 12.0.